The number of hydrogen-bond acceptors (Lipinski definition) is 4. The Hall–Kier alpha value is -1.78. The number of thioether (sulfide) groups is 1. The number of methoxy groups -OCH3 is 1. The summed E-state index contributed by atoms with van der Waals surface area (Å²) >= 11 is 1.56. The van der Waals surface area contributed by atoms with Crippen LogP contribution >= 0.6 is 11.8 Å². The number of benzene rings is 2. The highest BCUT2D eigenvalue weighted by molar-refractivity contribution is 8.00. The number of rotatable bonds is 6. The van der Waals surface area contributed by atoms with Gasteiger partial charge < -0.3 is 9.84 Å². The summed E-state index contributed by atoms with van der Waals surface area (Å²) in [5.41, 5.74) is 0.721. The SMILES string of the molecule is COC(=O)[C@H]([C@H](O)c1ccccc1)[C@@H](C)Sc1ccccc1. The Labute approximate surface area is 135 Å². The average Bonchev–Trinajstić information content (AvgIpc) is 2.56. The molecule has 0 unspecified atom stereocenters. The van der Waals surface area contributed by atoms with E-state index in [-0.39, 0.29) is 5.25 Å². The first-order valence-electron chi connectivity index (χ1n) is 7.16. The predicted octanol–water partition coefficient (Wildman–Crippen LogP) is 3.69. The first-order chi connectivity index (χ1) is 10.6. The van der Waals surface area contributed by atoms with E-state index >= 15 is 0 Å². The van der Waals surface area contributed by atoms with E-state index in [1.807, 2.05) is 67.6 Å². The van der Waals surface area contributed by atoms with Crippen molar-refractivity contribution in [1.82, 2.24) is 0 Å². The van der Waals surface area contributed by atoms with Crippen LogP contribution in [0.25, 0.3) is 0 Å². The number of esters is 1. The Bertz CT molecular complexity index is 586. The van der Waals surface area contributed by atoms with Gasteiger partial charge in [0, 0.05) is 10.1 Å². The highest BCUT2D eigenvalue weighted by Crippen LogP contribution is 2.35. The lowest BCUT2D eigenvalue weighted by Crippen LogP contribution is -2.31. The second kappa shape index (κ2) is 8.01. The van der Waals surface area contributed by atoms with E-state index in [1.54, 1.807) is 11.8 Å². The number of aliphatic hydroxyl groups is 1. The van der Waals surface area contributed by atoms with E-state index in [2.05, 4.69) is 0 Å². The molecule has 0 bridgehead atoms. The van der Waals surface area contributed by atoms with Gasteiger partial charge >= 0.3 is 5.97 Å². The lowest BCUT2D eigenvalue weighted by atomic mass is 9.93. The molecule has 2 rings (SSSR count). The average molecular weight is 316 g/mol. The fourth-order valence-corrected chi connectivity index (χ4v) is 3.51. The van der Waals surface area contributed by atoms with Crippen molar-refractivity contribution in [2.24, 2.45) is 5.92 Å². The van der Waals surface area contributed by atoms with Crippen LogP contribution in [0.15, 0.2) is 65.6 Å². The van der Waals surface area contributed by atoms with Crippen molar-refractivity contribution in [2.45, 2.75) is 23.2 Å². The van der Waals surface area contributed by atoms with Crippen LogP contribution < -0.4 is 0 Å². The number of hydrogen-bond donors (Lipinski definition) is 1. The lowest BCUT2D eigenvalue weighted by Gasteiger charge is -2.26. The van der Waals surface area contributed by atoms with Crippen LogP contribution in [-0.2, 0) is 9.53 Å². The molecule has 0 amide bonds. The van der Waals surface area contributed by atoms with Crippen molar-refractivity contribution in [3.8, 4) is 0 Å². The standard InChI is InChI=1S/C18H20O3S/c1-13(22-15-11-7-4-8-12-15)16(18(20)21-2)17(19)14-9-5-3-6-10-14/h3-13,16-17,19H,1-2H3/t13-,16+,17-/m1/s1. The van der Waals surface area contributed by atoms with Gasteiger partial charge in [-0.1, -0.05) is 55.5 Å². The smallest absolute Gasteiger partial charge is 0.312 e. The summed E-state index contributed by atoms with van der Waals surface area (Å²) < 4.78 is 4.90. The Morgan fingerprint density at radius 1 is 1.05 bits per heavy atom. The van der Waals surface area contributed by atoms with E-state index in [4.69, 9.17) is 4.74 Å². The maximum absolute atomic E-state index is 12.2. The van der Waals surface area contributed by atoms with Gasteiger partial charge in [-0.05, 0) is 17.7 Å². The number of ether oxygens (including phenoxy) is 1. The third-order valence-corrected chi connectivity index (χ3v) is 4.73. The molecular formula is C18H20O3S. The maximum atomic E-state index is 12.2. The van der Waals surface area contributed by atoms with Crippen molar-refractivity contribution < 1.29 is 14.6 Å². The van der Waals surface area contributed by atoms with Crippen LogP contribution in [0.1, 0.15) is 18.6 Å². The van der Waals surface area contributed by atoms with Crippen LogP contribution in [0.5, 0.6) is 0 Å². The molecule has 2 aromatic rings. The van der Waals surface area contributed by atoms with Crippen molar-refractivity contribution in [3.63, 3.8) is 0 Å². The third-order valence-electron chi connectivity index (χ3n) is 3.53. The van der Waals surface area contributed by atoms with Gasteiger partial charge in [0.25, 0.3) is 0 Å². The molecule has 0 aliphatic rings. The van der Waals surface area contributed by atoms with E-state index in [0.29, 0.717) is 0 Å². The van der Waals surface area contributed by atoms with Crippen molar-refractivity contribution in [1.29, 1.82) is 0 Å². The minimum absolute atomic E-state index is 0.120. The van der Waals surface area contributed by atoms with Gasteiger partial charge in [0.05, 0.1) is 19.1 Å². The van der Waals surface area contributed by atoms with Crippen molar-refractivity contribution in [2.75, 3.05) is 7.11 Å². The first kappa shape index (κ1) is 16.6. The van der Waals surface area contributed by atoms with Gasteiger partial charge in [-0.25, -0.2) is 0 Å². The van der Waals surface area contributed by atoms with Gasteiger partial charge in [-0.2, -0.15) is 0 Å². The minimum Gasteiger partial charge on any atom is -0.469 e. The third kappa shape index (κ3) is 4.12. The van der Waals surface area contributed by atoms with E-state index in [0.717, 1.165) is 10.5 Å². The molecular weight excluding hydrogens is 296 g/mol. The second-order valence-electron chi connectivity index (χ2n) is 5.04. The molecule has 116 valence electrons. The highest BCUT2D eigenvalue weighted by Gasteiger charge is 2.34. The molecule has 0 aliphatic heterocycles. The zero-order chi connectivity index (χ0) is 15.9. The summed E-state index contributed by atoms with van der Waals surface area (Å²) in [4.78, 5) is 13.2. The summed E-state index contributed by atoms with van der Waals surface area (Å²) in [6, 6.07) is 19.1. The molecule has 4 heteroatoms. The zero-order valence-electron chi connectivity index (χ0n) is 12.7. The highest BCUT2D eigenvalue weighted by atomic mass is 32.2. The molecule has 1 N–H and O–H groups in total. The molecule has 3 atom stereocenters. The molecule has 3 nitrogen and oxygen atoms in total. The Kier molecular flexibility index (Phi) is 6.04. The Morgan fingerprint density at radius 2 is 1.59 bits per heavy atom. The van der Waals surface area contributed by atoms with Gasteiger partial charge in [-0.3, -0.25) is 4.79 Å². The van der Waals surface area contributed by atoms with Gasteiger partial charge in [0.15, 0.2) is 0 Å². The monoisotopic (exact) mass is 316 g/mol. The zero-order valence-corrected chi connectivity index (χ0v) is 13.5. The Balaban J connectivity index is 2.20. The maximum Gasteiger partial charge on any atom is 0.312 e. The molecule has 0 heterocycles. The van der Waals surface area contributed by atoms with Crippen LogP contribution in [0.2, 0.25) is 0 Å². The van der Waals surface area contributed by atoms with Crippen LogP contribution in [0.3, 0.4) is 0 Å². The molecule has 2 aromatic carbocycles. The number of carbonyl (C=O) groups is 1. The summed E-state index contributed by atoms with van der Waals surface area (Å²) in [6.07, 6.45) is -0.889. The van der Waals surface area contributed by atoms with Crippen LogP contribution in [0.4, 0.5) is 0 Å². The second-order valence-corrected chi connectivity index (χ2v) is 6.49. The predicted molar refractivity (Wildman–Crippen MR) is 88.7 cm³/mol. The minimum atomic E-state index is -0.889. The fourth-order valence-electron chi connectivity index (χ4n) is 2.36. The summed E-state index contributed by atoms with van der Waals surface area (Å²) in [6.45, 7) is 1.94. The largest absolute Gasteiger partial charge is 0.469 e. The molecule has 0 aromatic heterocycles. The molecule has 0 saturated heterocycles. The van der Waals surface area contributed by atoms with Crippen molar-refractivity contribution >= 4 is 17.7 Å². The Morgan fingerprint density at radius 3 is 2.14 bits per heavy atom. The number of aliphatic hydroxyl groups excluding tert-OH is 1. The normalized spacial score (nSPS) is 14.9. The van der Waals surface area contributed by atoms with Crippen LogP contribution in [0, 0.1) is 5.92 Å². The van der Waals surface area contributed by atoms with E-state index in [9.17, 15) is 9.90 Å². The fraction of sp³-hybridized carbons (Fsp3) is 0.278. The summed E-state index contributed by atoms with van der Waals surface area (Å²) in [5, 5.41) is 10.5. The quantitative estimate of drug-likeness (QED) is 0.652. The van der Waals surface area contributed by atoms with Crippen LogP contribution in [-0.4, -0.2) is 23.4 Å². The van der Waals surface area contributed by atoms with E-state index < -0.39 is 18.0 Å². The topological polar surface area (TPSA) is 46.5 Å². The molecule has 0 radical (unpaired) electrons. The molecule has 0 fully saturated rings. The lowest BCUT2D eigenvalue weighted by molar-refractivity contribution is -0.149. The summed E-state index contributed by atoms with van der Waals surface area (Å²) in [7, 11) is 1.35. The van der Waals surface area contributed by atoms with Crippen molar-refractivity contribution in [3.05, 3.63) is 66.2 Å². The molecule has 0 saturated carbocycles. The molecule has 0 spiro atoms. The molecule has 0 aliphatic carbocycles. The van der Waals surface area contributed by atoms with Gasteiger partial charge in [0.1, 0.15) is 0 Å². The first-order valence-corrected chi connectivity index (χ1v) is 8.04. The van der Waals surface area contributed by atoms with Gasteiger partial charge in [0.2, 0.25) is 0 Å². The van der Waals surface area contributed by atoms with E-state index in [1.165, 1.54) is 7.11 Å². The van der Waals surface area contributed by atoms with Gasteiger partial charge in [-0.15, -0.1) is 11.8 Å². The number of carbonyl (C=O) groups excluding carboxylic acids is 1. The molecule has 22 heavy (non-hydrogen) atoms. The summed E-state index contributed by atoms with van der Waals surface area (Å²) in [5.74, 6) is -1.02.